The third kappa shape index (κ3) is 3.00. The van der Waals surface area contributed by atoms with Crippen LogP contribution in [0.4, 0.5) is 0 Å². The van der Waals surface area contributed by atoms with E-state index in [1.165, 1.54) is 0 Å². The maximum Gasteiger partial charge on any atom is 0.269 e. The van der Waals surface area contributed by atoms with Crippen molar-refractivity contribution in [3.63, 3.8) is 0 Å². The molecule has 19 heavy (non-hydrogen) atoms. The number of carbonyl (C=O) groups is 1. The van der Waals surface area contributed by atoms with Gasteiger partial charge in [-0.25, -0.2) is 4.68 Å². The summed E-state index contributed by atoms with van der Waals surface area (Å²) >= 11 is 0. The molecule has 5 nitrogen and oxygen atoms in total. The highest BCUT2D eigenvalue weighted by atomic mass is 16.1. The smallest absolute Gasteiger partial charge is 0.269 e. The van der Waals surface area contributed by atoms with Crippen molar-refractivity contribution in [1.82, 2.24) is 9.78 Å². The molecule has 0 spiro atoms. The van der Waals surface area contributed by atoms with E-state index in [4.69, 9.17) is 11.5 Å². The molecule has 0 fully saturated rings. The normalized spacial score (nSPS) is 12.4. The SMILES string of the molecule is Cc1ccc(CC(C)N)cc1-n1ccc(C(N)=O)n1. The molecule has 0 saturated carbocycles. The van der Waals surface area contributed by atoms with E-state index in [9.17, 15) is 4.79 Å². The molecule has 1 unspecified atom stereocenters. The van der Waals surface area contributed by atoms with Crippen molar-refractivity contribution in [2.75, 3.05) is 0 Å². The molecule has 0 aliphatic heterocycles. The Kier molecular flexibility index (Phi) is 3.66. The third-order valence-electron chi connectivity index (χ3n) is 2.92. The van der Waals surface area contributed by atoms with Crippen molar-refractivity contribution >= 4 is 5.91 Å². The predicted molar refractivity (Wildman–Crippen MR) is 74.2 cm³/mol. The van der Waals surface area contributed by atoms with Gasteiger partial charge in [0.05, 0.1) is 5.69 Å². The summed E-state index contributed by atoms with van der Waals surface area (Å²) in [4.78, 5) is 11.1. The van der Waals surface area contributed by atoms with Crippen LogP contribution in [0.3, 0.4) is 0 Å². The first kappa shape index (κ1) is 13.3. The Morgan fingerprint density at radius 3 is 2.74 bits per heavy atom. The number of benzene rings is 1. The van der Waals surface area contributed by atoms with Crippen LogP contribution >= 0.6 is 0 Å². The molecule has 2 aromatic rings. The van der Waals surface area contributed by atoms with Crippen molar-refractivity contribution < 1.29 is 4.79 Å². The number of hydrogen-bond donors (Lipinski definition) is 2. The first-order chi connectivity index (χ1) is 8.97. The summed E-state index contributed by atoms with van der Waals surface area (Å²) in [6, 6.07) is 7.84. The molecule has 1 atom stereocenters. The highest BCUT2D eigenvalue weighted by Gasteiger charge is 2.09. The van der Waals surface area contributed by atoms with Crippen molar-refractivity contribution in [3.05, 3.63) is 47.3 Å². The van der Waals surface area contributed by atoms with E-state index in [-0.39, 0.29) is 11.7 Å². The molecular weight excluding hydrogens is 240 g/mol. The minimum Gasteiger partial charge on any atom is -0.364 e. The lowest BCUT2D eigenvalue weighted by atomic mass is 10.0. The van der Waals surface area contributed by atoms with Crippen LogP contribution in [0.25, 0.3) is 5.69 Å². The van der Waals surface area contributed by atoms with Gasteiger partial charge in [0, 0.05) is 12.2 Å². The van der Waals surface area contributed by atoms with Crippen LogP contribution in [0.15, 0.2) is 30.5 Å². The van der Waals surface area contributed by atoms with Crippen LogP contribution in [0.1, 0.15) is 28.5 Å². The van der Waals surface area contributed by atoms with E-state index in [0.717, 1.165) is 23.2 Å². The number of nitrogens with two attached hydrogens (primary N) is 2. The Morgan fingerprint density at radius 2 is 2.16 bits per heavy atom. The zero-order valence-corrected chi connectivity index (χ0v) is 11.1. The van der Waals surface area contributed by atoms with E-state index in [0.29, 0.717) is 0 Å². The lowest BCUT2D eigenvalue weighted by Gasteiger charge is -2.10. The third-order valence-corrected chi connectivity index (χ3v) is 2.92. The van der Waals surface area contributed by atoms with Gasteiger partial charge in [-0.15, -0.1) is 0 Å². The number of amides is 1. The van der Waals surface area contributed by atoms with E-state index < -0.39 is 5.91 Å². The second-order valence-electron chi connectivity index (χ2n) is 4.81. The van der Waals surface area contributed by atoms with Gasteiger partial charge in [-0.3, -0.25) is 4.79 Å². The molecule has 0 saturated heterocycles. The molecule has 0 bridgehead atoms. The van der Waals surface area contributed by atoms with Gasteiger partial charge >= 0.3 is 0 Å². The minimum atomic E-state index is -0.525. The number of aromatic nitrogens is 2. The quantitative estimate of drug-likeness (QED) is 0.863. The standard InChI is InChI=1S/C14H18N4O/c1-9-3-4-11(7-10(2)15)8-13(9)18-6-5-12(17-18)14(16)19/h3-6,8,10H,7,15H2,1-2H3,(H2,16,19). The number of carbonyl (C=O) groups excluding carboxylic acids is 1. The summed E-state index contributed by atoms with van der Waals surface area (Å²) in [6.45, 7) is 3.97. The van der Waals surface area contributed by atoms with Crippen molar-refractivity contribution in [3.8, 4) is 5.69 Å². The molecule has 100 valence electrons. The maximum absolute atomic E-state index is 11.1. The second-order valence-corrected chi connectivity index (χ2v) is 4.81. The molecule has 1 heterocycles. The molecule has 0 radical (unpaired) electrons. The average molecular weight is 258 g/mol. The monoisotopic (exact) mass is 258 g/mol. The van der Waals surface area contributed by atoms with Gasteiger partial charge in [-0.05, 0) is 43.5 Å². The maximum atomic E-state index is 11.1. The van der Waals surface area contributed by atoms with Gasteiger partial charge in [0.2, 0.25) is 0 Å². The Hall–Kier alpha value is -2.14. The fourth-order valence-corrected chi connectivity index (χ4v) is 1.99. The molecule has 2 rings (SSSR count). The lowest BCUT2D eigenvalue weighted by Crippen LogP contribution is -2.18. The lowest BCUT2D eigenvalue weighted by molar-refractivity contribution is 0.0995. The minimum absolute atomic E-state index is 0.106. The molecule has 5 heteroatoms. The molecule has 1 aromatic carbocycles. The molecular formula is C14H18N4O. The van der Waals surface area contributed by atoms with Gasteiger partial charge in [-0.2, -0.15) is 5.10 Å². The van der Waals surface area contributed by atoms with Crippen LogP contribution < -0.4 is 11.5 Å². The van der Waals surface area contributed by atoms with Crippen LogP contribution in [-0.2, 0) is 6.42 Å². The van der Waals surface area contributed by atoms with E-state index in [1.807, 2.05) is 26.0 Å². The Balaban J connectivity index is 2.39. The predicted octanol–water partition coefficient (Wildman–Crippen LogP) is 1.17. The van der Waals surface area contributed by atoms with Gasteiger partial charge in [0.25, 0.3) is 5.91 Å². The Morgan fingerprint density at radius 1 is 1.42 bits per heavy atom. The van der Waals surface area contributed by atoms with Gasteiger partial charge in [-0.1, -0.05) is 12.1 Å². The second kappa shape index (κ2) is 5.24. The highest BCUT2D eigenvalue weighted by Crippen LogP contribution is 2.17. The molecule has 1 aromatic heterocycles. The highest BCUT2D eigenvalue weighted by molar-refractivity contribution is 5.90. The number of hydrogen-bond acceptors (Lipinski definition) is 3. The van der Waals surface area contributed by atoms with E-state index >= 15 is 0 Å². The van der Waals surface area contributed by atoms with Crippen LogP contribution in [0.5, 0.6) is 0 Å². The Labute approximate surface area is 112 Å². The topological polar surface area (TPSA) is 86.9 Å². The number of primary amides is 1. The summed E-state index contributed by atoms with van der Waals surface area (Å²) in [5, 5.41) is 4.17. The first-order valence-corrected chi connectivity index (χ1v) is 6.18. The van der Waals surface area contributed by atoms with E-state index in [1.54, 1.807) is 16.9 Å². The molecule has 4 N–H and O–H groups in total. The van der Waals surface area contributed by atoms with Crippen LogP contribution in [0, 0.1) is 6.92 Å². The Bertz CT molecular complexity index is 601. The molecule has 0 aliphatic rings. The summed E-state index contributed by atoms with van der Waals surface area (Å²) in [6.07, 6.45) is 2.54. The van der Waals surface area contributed by atoms with Crippen molar-refractivity contribution in [1.29, 1.82) is 0 Å². The summed E-state index contributed by atoms with van der Waals surface area (Å²) in [5.41, 5.74) is 14.4. The number of rotatable bonds is 4. The van der Waals surface area contributed by atoms with Crippen molar-refractivity contribution in [2.45, 2.75) is 26.3 Å². The summed E-state index contributed by atoms with van der Waals surface area (Å²) in [5.74, 6) is -0.525. The fraction of sp³-hybridized carbons (Fsp3) is 0.286. The zero-order chi connectivity index (χ0) is 14.0. The van der Waals surface area contributed by atoms with Gasteiger partial charge < -0.3 is 11.5 Å². The number of nitrogens with zero attached hydrogens (tertiary/aromatic N) is 2. The van der Waals surface area contributed by atoms with Gasteiger partial charge in [0.15, 0.2) is 0 Å². The average Bonchev–Trinajstić information content (AvgIpc) is 2.80. The largest absolute Gasteiger partial charge is 0.364 e. The van der Waals surface area contributed by atoms with E-state index in [2.05, 4.69) is 11.2 Å². The zero-order valence-electron chi connectivity index (χ0n) is 11.1. The molecule has 0 aliphatic carbocycles. The van der Waals surface area contributed by atoms with Crippen LogP contribution in [0.2, 0.25) is 0 Å². The van der Waals surface area contributed by atoms with Crippen LogP contribution in [-0.4, -0.2) is 21.7 Å². The van der Waals surface area contributed by atoms with Gasteiger partial charge in [0.1, 0.15) is 5.69 Å². The first-order valence-electron chi connectivity index (χ1n) is 6.18. The molecule has 1 amide bonds. The fourth-order valence-electron chi connectivity index (χ4n) is 1.99. The summed E-state index contributed by atoms with van der Waals surface area (Å²) in [7, 11) is 0. The van der Waals surface area contributed by atoms with Crippen molar-refractivity contribution in [2.24, 2.45) is 11.5 Å². The summed E-state index contributed by atoms with van der Waals surface area (Å²) < 4.78 is 1.67. The number of aryl methyl sites for hydroxylation is 1.